The Bertz CT molecular complexity index is 2180. The second kappa shape index (κ2) is 29.9. The Morgan fingerprint density at radius 1 is 0.631 bits per heavy atom. The molecule has 0 unspecified atom stereocenters. The normalized spacial score (nSPS) is 11.8. The molecule has 1 aliphatic carbocycles. The van der Waals surface area contributed by atoms with E-state index < -0.39 is 11.4 Å². The number of hydrogen-bond donors (Lipinski definition) is 1. The minimum absolute atomic E-state index is 0. The largest absolute Gasteiger partial charge is 1.00 e. The van der Waals surface area contributed by atoms with E-state index in [1.807, 2.05) is 44.4 Å². The average molecular weight is 1180 g/mol. The first-order chi connectivity index (χ1) is 30.6. The number of carboxylic acid groups (broad SMARTS) is 1. The third-order valence-electron chi connectivity index (χ3n) is 10.6. The van der Waals surface area contributed by atoms with Gasteiger partial charge in [0.2, 0.25) is 0 Å². The summed E-state index contributed by atoms with van der Waals surface area (Å²) in [6.45, 7) is 12.3. The van der Waals surface area contributed by atoms with Crippen LogP contribution in [-0.2, 0) is 65.0 Å². The summed E-state index contributed by atoms with van der Waals surface area (Å²) in [6, 6.07) is 32.2. The van der Waals surface area contributed by atoms with Gasteiger partial charge in [0.05, 0.1) is 90.3 Å². The summed E-state index contributed by atoms with van der Waals surface area (Å²) in [5.74, 6) is -1.20. The van der Waals surface area contributed by atoms with Crippen molar-refractivity contribution in [1.82, 2.24) is 0 Å². The smallest absolute Gasteiger partial charge is 0.545 e. The number of carbonyl (C=O) groups is 1. The van der Waals surface area contributed by atoms with E-state index in [0.717, 1.165) is 44.5 Å². The molecule has 0 bridgehead atoms. The van der Waals surface area contributed by atoms with E-state index in [0.29, 0.717) is 64.0 Å². The number of rotatable bonds is 25. The first-order valence-electron chi connectivity index (χ1n) is 21.2. The molecule has 0 amide bonds. The van der Waals surface area contributed by atoms with Crippen molar-refractivity contribution in [1.29, 1.82) is 0 Å². The summed E-state index contributed by atoms with van der Waals surface area (Å²) < 4.78 is 38.6. The van der Waals surface area contributed by atoms with Gasteiger partial charge in [-0.15, -0.1) is 0 Å². The van der Waals surface area contributed by atoms with Crippen LogP contribution in [0.4, 0.5) is 0 Å². The van der Waals surface area contributed by atoms with E-state index in [-0.39, 0.29) is 133 Å². The van der Waals surface area contributed by atoms with Crippen LogP contribution in [0.5, 0.6) is 5.75 Å². The maximum absolute atomic E-state index is 12.8. The summed E-state index contributed by atoms with van der Waals surface area (Å²) in [6.07, 6.45) is 3.34. The molecule has 0 spiro atoms. The SMILES string of the molecule is COCCOCCOCCOc1ccc(C2(c3ccc(COCCOCCOCCO)c([CH+][C-]=O)c3)c3cc(C)ccc3-c3ccc(C)cc32)cc1C(=O)[O-].Cc1cccc(C)c1.[Cs+].[Os]. The summed E-state index contributed by atoms with van der Waals surface area (Å²) >= 11 is 0. The van der Waals surface area contributed by atoms with Crippen molar-refractivity contribution in [3.63, 3.8) is 0 Å². The first kappa shape index (κ1) is 56.6. The molecule has 342 valence electrons. The molecule has 5 aromatic rings. The number of carbonyl (C=O) groups excluding carboxylic acids is 2. The third-order valence-corrected chi connectivity index (χ3v) is 10.6. The van der Waals surface area contributed by atoms with Crippen LogP contribution >= 0.6 is 0 Å². The van der Waals surface area contributed by atoms with Crippen molar-refractivity contribution >= 4 is 12.3 Å². The second-order valence-electron chi connectivity index (χ2n) is 15.2. The molecule has 5 aromatic carbocycles. The molecular formula is C52H59CsO11Os. The molecule has 1 aliphatic rings. The Morgan fingerprint density at radius 2 is 1.14 bits per heavy atom. The van der Waals surface area contributed by atoms with Gasteiger partial charge < -0.3 is 53.0 Å². The van der Waals surface area contributed by atoms with E-state index in [1.165, 1.54) is 17.5 Å². The Balaban J connectivity index is 0.00000101. The molecule has 0 saturated carbocycles. The number of aromatic carboxylic acids is 1. The predicted molar refractivity (Wildman–Crippen MR) is 240 cm³/mol. The second-order valence-corrected chi connectivity index (χ2v) is 15.2. The molecule has 1 N–H and O–H groups in total. The van der Waals surface area contributed by atoms with Crippen LogP contribution < -0.4 is 78.7 Å². The van der Waals surface area contributed by atoms with Crippen LogP contribution in [0.3, 0.4) is 0 Å². The van der Waals surface area contributed by atoms with Crippen molar-refractivity contribution in [2.75, 3.05) is 86.4 Å². The molecule has 0 heterocycles. The van der Waals surface area contributed by atoms with Crippen molar-refractivity contribution in [3.8, 4) is 16.9 Å². The molecule has 0 fully saturated rings. The Morgan fingerprint density at radius 3 is 1.66 bits per heavy atom. The Hall–Kier alpha value is -2.68. The van der Waals surface area contributed by atoms with Crippen LogP contribution in [-0.4, -0.2) is 104 Å². The van der Waals surface area contributed by atoms with Gasteiger partial charge >= 0.3 is 68.9 Å². The van der Waals surface area contributed by atoms with Crippen LogP contribution in [0.15, 0.2) is 97.1 Å². The van der Waals surface area contributed by atoms with Gasteiger partial charge in [0, 0.05) is 43.6 Å². The zero-order chi connectivity index (χ0) is 45.0. The molecule has 0 radical (unpaired) electrons. The number of ether oxygens (including phenoxy) is 7. The van der Waals surface area contributed by atoms with Crippen molar-refractivity contribution in [3.05, 3.63) is 165 Å². The van der Waals surface area contributed by atoms with Gasteiger partial charge in [-0.1, -0.05) is 95.4 Å². The Kier molecular flexibility index (Phi) is 26.1. The fraction of sp³-hybridized carbons (Fsp3) is 0.365. The van der Waals surface area contributed by atoms with Gasteiger partial charge in [0.25, 0.3) is 0 Å². The minimum Gasteiger partial charge on any atom is -0.545 e. The maximum atomic E-state index is 12.8. The topological polar surface area (TPSA) is 142 Å². The number of aliphatic hydroxyl groups is 1. The molecule has 13 heteroatoms. The molecule has 11 nitrogen and oxygen atoms in total. The number of carboxylic acids is 1. The molecule has 0 aliphatic heterocycles. The van der Waals surface area contributed by atoms with Gasteiger partial charge in [0.1, 0.15) is 19.0 Å². The summed E-state index contributed by atoms with van der Waals surface area (Å²) in [5.41, 5.74) is 10.7. The summed E-state index contributed by atoms with van der Waals surface area (Å²) in [4.78, 5) is 24.7. The number of aryl methyl sites for hydroxylation is 4. The monoisotopic (exact) mass is 1180 g/mol. The van der Waals surface area contributed by atoms with Crippen LogP contribution in [0.25, 0.3) is 11.1 Å². The van der Waals surface area contributed by atoms with Gasteiger partial charge in [0.15, 0.2) is 0 Å². The van der Waals surface area contributed by atoms with Gasteiger partial charge in [-0.25, -0.2) is 0 Å². The zero-order valence-electron chi connectivity index (χ0n) is 38.4. The molecular weight excluding hydrogens is 1120 g/mol. The van der Waals surface area contributed by atoms with Crippen LogP contribution in [0.2, 0.25) is 0 Å². The van der Waals surface area contributed by atoms with Crippen LogP contribution in [0.1, 0.15) is 66.0 Å². The quantitative estimate of drug-likeness (QED) is 0.0665. The molecule has 0 aromatic heterocycles. The minimum atomic E-state index is -1.37. The molecule has 0 atom stereocenters. The van der Waals surface area contributed by atoms with Crippen molar-refractivity contribution in [2.24, 2.45) is 0 Å². The van der Waals surface area contributed by atoms with Crippen molar-refractivity contribution in [2.45, 2.75) is 39.7 Å². The fourth-order valence-corrected chi connectivity index (χ4v) is 7.71. The number of fused-ring (bicyclic) bond motifs is 3. The van der Waals surface area contributed by atoms with E-state index in [1.54, 1.807) is 19.2 Å². The number of methoxy groups -OCH3 is 1. The van der Waals surface area contributed by atoms with E-state index in [2.05, 4.69) is 74.5 Å². The van der Waals surface area contributed by atoms with Gasteiger partial charge in [-0.2, -0.15) is 0 Å². The molecule has 65 heavy (non-hydrogen) atoms. The Labute approximate surface area is 456 Å². The van der Waals surface area contributed by atoms with E-state index in [4.69, 9.17) is 38.3 Å². The summed E-state index contributed by atoms with van der Waals surface area (Å²) in [5, 5.41) is 21.6. The van der Waals surface area contributed by atoms with E-state index in [9.17, 15) is 14.7 Å². The van der Waals surface area contributed by atoms with E-state index >= 15 is 0 Å². The number of hydrogen-bond acceptors (Lipinski definition) is 11. The first-order valence-corrected chi connectivity index (χ1v) is 21.2. The standard InChI is InChI=1S/C44H50O11.C8H10.Cs.Os/c1-31-4-9-37-38-10-5-32(2)27-41(38)44(40(37)26-31,35-7-6-34(33(28-35)12-13-45)30-54-23-22-52-19-18-50-15-14-46)36-8-11-42(39(29-36)43(47)48)55-25-24-53-21-20-51-17-16-49-3;1-7-4-3-5-8(2)6-7;;/h4-12,26-29,46H,14-25,30H2,1-3H3,(H,47,48);3-6H,1-2H3;;/q;;+1;/p-1. The summed E-state index contributed by atoms with van der Waals surface area (Å²) in [7, 11) is 1.61. The van der Waals surface area contributed by atoms with Crippen LogP contribution in [0, 0.1) is 34.1 Å². The third kappa shape index (κ3) is 15.9. The number of aliphatic hydroxyl groups excluding tert-OH is 1. The van der Waals surface area contributed by atoms with Gasteiger partial charge in [-0.05, 0) is 91.4 Å². The fourth-order valence-electron chi connectivity index (χ4n) is 7.71. The maximum Gasteiger partial charge on any atom is 1.00 e. The zero-order valence-corrected chi connectivity index (χ0v) is 47.2. The average Bonchev–Trinajstić information content (AvgIpc) is 3.54. The molecule has 6 rings (SSSR count). The predicted octanol–water partition coefficient (Wildman–Crippen LogP) is 3.60. The number of benzene rings is 5. The van der Waals surface area contributed by atoms with Gasteiger partial charge in [-0.3, -0.25) is 0 Å². The van der Waals surface area contributed by atoms with Crippen molar-refractivity contribution < 1.29 is 142 Å². The molecule has 0 saturated heterocycles.